The number of amides is 1. The van der Waals surface area contributed by atoms with Gasteiger partial charge in [0.1, 0.15) is 0 Å². The summed E-state index contributed by atoms with van der Waals surface area (Å²) < 4.78 is 9.90. The molecule has 0 aliphatic rings. The Morgan fingerprint density at radius 2 is 1.76 bits per heavy atom. The first kappa shape index (κ1) is 21.8. The van der Waals surface area contributed by atoms with Crippen LogP contribution in [0.3, 0.4) is 0 Å². The summed E-state index contributed by atoms with van der Waals surface area (Å²) in [7, 11) is 0. The van der Waals surface area contributed by atoms with Crippen LogP contribution in [-0.2, 0) is 14.3 Å². The van der Waals surface area contributed by atoms with Gasteiger partial charge in [-0.3, -0.25) is 14.9 Å². The van der Waals surface area contributed by atoms with Crippen molar-refractivity contribution in [3.63, 3.8) is 0 Å². The van der Waals surface area contributed by atoms with Gasteiger partial charge in [0.05, 0.1) is 27.7 Å². The fourth-order valence-corrected chi connectivity index (χ4v) is 2.36. The number of nitro groups is 1. The molecule has 1 N–H and O–H groups in total. The van der Waals surface area contributed by atoms with Crippen LogP contribution >= 0.6 is 11.6 Å². The Morgan fingerprint density at radius 3 is 2.38 bits per heavy atom. The topological polar surface area (TPSA) is 125 Å². The molecule has 0 unspecified atom stereocenters. The molecular formula is C19H17ClN2O7. The summed E-state index contributed by atoms with van der Waals surface area (Å²) in [5, 5.41) is 13.3. The number of nitrogens with zero attached hydrogens (tertiary/aromatic N) is 1. The van der Waals surface area contributed by atoms with Gasteiger partial charge in [-0.2, -0.15) is 0 Å². The van der Waals surface area contributed by atoms with E-state index in [1.54, 1.807) is 0 Å². The molecule has 0 aliphatic heterocycles. The fourth-order valence-electron chi connectivity index (χ4n) is 2.16. The zero-order chi connectivity index (χ0) is 21.4. The van der Waals surface area contributed by atoms with Crippen molar-refractivity contribution in [2.24, 2.45) is 0 Å². The second kappa shape index (κ2) is 10.2. The highest BCUT2D eigenvalue weighted by Gasteiger charge is 2.15. The highest BCUT2D eigenvalue weighted by molar-refractivity contribution is 6.33. The summed E-state index contributed by atoms with van der Waals surface area (Å²) >= 11 is 5.98. The zero-order valence-corrected chi connectivity index (χ0v) is 16.1. The first-order chi connectivity index (χ1) is 13.8. The van der Waals surface area contributed by atoms with Gasteiger partial charge in [-0.25, -0.2) is 9.59 Å². The van der Waals surface area contributed by atoms with Crippen LogP contribution in [0.1, 0.15) is 34.1 Å². The molecule has 0 heterocycles. The number of esters is 2. The quantitative estimate of drug-likeness (QED) is 0.392. The number of carbonyl (C=O) groups excluding carboxylic acids is 3. The normalized spacial score (nSPS) is 10.1. The number of benzene rings is 2. The van der Waals surface area contributed by atoms with Crippen molar-refractivity contribution in [2.75, 3.05) is 18.5 Å². The van der Waals surface area contributed by atoms with Crippen LogP contribution in [0.15, 0.2) is 42.5 Å². The predicted molar refractivity (Wildman–Crippen MR) is 104 cm³/mol. The minimum atomic E-state index is -0.810. The number of rotatable bonds is 8. The molecule has 2 aromatic rings. The van der Waals surface area contributed by atoms with E-state index in [1.807, 2.05) is 6.92 Å². The van der Waals surface area contributed by atoms with Crippen molar-refractivity contribution in [3.05, 3.63) is 68.7 Å². The van der Waals surface area contributed by atoms with Crippen LogP contribution in [0.2, 0.25) is 5.02 Å². The molecule has 152 valence electrons. The van der Waals surface area contributed by atoms with Crippen molar-refractivity contribution in [1.29, 1.82) is 0 Å². The number of hydrogen-bond acceptors (Lipinski definition) is 7. The monoisotopic (exact) mass is 420 g/mol. The van der Waals surface area contributed by atoms with E-state index in [2.05, 4.69) is 5.32 Å². The Hall–Kier alpha value is -3.46. The van der Waals surface area contributed by atoms with E-state index in [-0.39, 0.29) is 34.1 Å². The summed E-state index contributed by atoms with van der Waals surface area (Å²) in [5.74, 6) is -2.07. The number of nitro benzene ring substituents is 1. The van der Waals surface area contributed by atoms with Crippen LogP contribution in [0.25, 0.3) is 0 Å². The summed E-state index contributed by atoms with van der Waals surface area (Å²) in [6.45, 7) is 1.50. The van der Waals surface area contributed by atoms with Crippen LogP contribution in [-0.4, -0.2) is 36.0 Å². The number of hydrogen-bond donors (Lipinski definition) is 1. The molecule has 2 rings (SSSR count). The lowest BCUT2D eigenvalue weighted by molar-refractivity contribution is -0.384. The maximum atomic E-state index is 12.0. The van der Waals surface area contributed by atoms with Gasteiger partial charge < -0.3 is 14.8 Å². The average Bonchev–Trinajstić information content (AvgIpc) is 2.71. The van der Waals surface area contributed by atoms with Gasteiger partial charge in [-0.1, -0.05) is 18.5 Å². The van der Waals surface area contributed by atoms with Gasteiger partial charge in [0.15, 0.2) is 6.61 Å². The molecule has 0 radical (unpaired) electrons. The van der Waals surface area contributed by atoms with Crippen molar-refractivity contribution in [2.45, 2.75) is 13.3 Å². The van der Waals surface area contributed by atoms with E-state index in [1.165, 1.54) is 30.3 Å². The molecule has 0 atom stereocenters. The molecule has 1 amide bonds. The van der Waals surface area contributed by atoms with E-state index in [0.717, 1.165) is 12.1 Å². The van der Waals surface area contributed by atoms with Gasteiger partial charge in [0, 0.05) is 17.8 Å². The lowest BCUT2D eigenvalue weighted by Crippen LogP contribution is -2.21. The molecule has 0 spiro atoms. The Labute approximate surface area is 170 Å². The Bertz CT molecular complexity index is 929. The second-order valence-electron chi connectivity index (χ2n) is 5.76. The molecule has 0 aromatic heterocycles. The van der Waals surface area contributed by atoms with Crippen LogP contribution in [0.5, 0.6) is 0 Å². The largest absolute Gasteiger partial charge is 0.462 e. The Kier molecular flexibility index (Phi) is 7.67. The molecule has 10 heteroatoms. The number of nitrogens with one attached hydrogen (secondary N) is 1. The number of ether oxygens (including phenoxy) is 2. The molecular weight excluding hydrogens is 404 g/mol. The first-order valence-electron chi connectivity index (χ1n) is 8.50. The number of carbonyl (C=O) groups is 3. The fraction of sp³-hybridized carbons (Fsp3) is 0.211. The van der Waals surface area contributed by atoms with Crippen molar-refractivity contribution >= 4 is 40.8 Å². The molecule has 9 nitrogen and oxygen atoms in total. The highest BCUT2D eigenvalue weighted by Crippen LogP contribution is 2.21. The summed E-state index contributed by atoms with van der Waals surface area (Å²) in [4.78, 5) is 45.9. The van der Waals surface area contributed by atoms with Gasteiger partial charge in [-0.15, -0.1) is 0 Å². The molecule has 0 saturated heterocycles. The standard InChI is InChI=1S/C19H17ClN2O7/c1-2-9-28-19(25)15-10-13(5-8-16(15)20)21-17(23)11-29-18(24)12-3-6-14(7-4-12)22(26)27/h3-8,10H,2,9,11H2,1H3,(H,21,23). The minimum absolute atomic E-state index is 0.0656. The van der Waals surface area contributed by atoms with E-state index in [0.29, 0.717) is 6.42 Å². The van der Waals surface area contributed by atoms with Crippen molar-refractivity contribution < 1.29 is 28.8 Å². The van der Waals surface area contributed by atoms with Gasteiger partial charge in [0.2, 0.25) is 0 Å². The Balaban J connectivity index is 1.94. The number of anilines is 1. The van der Waals surface area contributed by atoms with E-state index in [4.69, 9.17) is 21.1 Å². The SMILES string of the molecule is CCCOC(=O)c1cc(NC(=O)COC(=O)c2ccc([N+](=O)[O-])cc2)ccc1Cl. The maximum Gasteiger partial charge on any atom is 0.339 e. The summed E-state index contributed by atoms with van der Waals surface area (Å²) in [6.07, 6.45) is 0.653. The van der Waals surface area contributed by atoms with E-state index in [9.17, 15) is 24.5 Å². The first-order valence-corrected chi connectivity index (χ1v) is 8.87. The van der Waals surface area contributed by atoms with Crippen molar-refractivity contribution in [1.82, 2.24) is 0 Å². The maximum absolute atomic E-state index is 12.0. The van der Waals surface area contributed by atoms with Gasteiger partial charge in [-0.05, 0) is 36.8 Å². The summed E-state index contributed by atoms with van der Waals surface area (Å²) in [5.41, 5.74) is 0.265. The predicted octanol–water partition coefficient (Wildman–Crippen LogP) is 3.61. The number of halogens is 1. The highest BCUT2D eigenvalue weighted by atomic mass is 35.5. The molecule has 29 heavy (non-hydrogen) atoms. The van der Waals surface area contributed by atoms with Crippen LogP contribution in [0, 0.1) is 10.1 Å². The molecule has 0 aliphatic carbocycles. The van der Waals surface area contributed by atoms with Crippen LogP contribution < -0.4 is 5.32 Å². The van der Waals surface area contributed by atoms with E-state index >= 15 is 0 Å². The Morgan fingerprint density at radius 1 is 1.07 bits per heavy atom. The summed E-state index contributed by atoms with van der Waals surface area (Å²) in [6, 6.07) is 9.04. The zero-order valence-electron chi connectivity index (χ0n) is 15.3. The molecule has 2 aromatic carbocycles. The average molecular weight is 421 g/mol. The third-order valence-corrected chi connectivity index (χ3v) is 3.89. The molecule has 0 fully saturated rings. The minimum Gasteiger partial charge on any atom is -0.462 e. The lowest BCUT2D eigenvalue weighted by Gasteiger charge is -2.09. The van der Waals surface area contributed by atoms with Crippen molar-refractivity contribution in [3.8, 4) is 0 Å². The third kappa shape index (κ3) is 6.28. The smallest absolute Gasteiger partial charge is 0.339 e. The van der Waals surface area contributed by atoms with E-state index < -0.39 is 29.4 Å². The van der Waals surface area contributed by atoms with Crippen LogP contribution in [0.4, 0.5) is 11.4 Å². The van der Waals surface area contributed by atoms with Gasteiger partial charge >= 0.3 is 11.9 Å². The second-order valence-corrected chi connectivity index (χ2v) is 6.17. The molecule has 0 saturated carbocycles. The molecule has 0 bridgehead atoms. The number of non-ortho nitro benzene ring substituents is 1. The van der Waals surface area contributed by atoms with Gasteiger partial charge in [0.25, 0.3) is 11.6 Å². The lowest BCUT2D eigenvalue weighted by atomic mass is 10.2. The third-order valence-electron chi connectivity index (χ3n) is 3.56.